The Morgan fingerprint density at radius 1 is 0.360 bits per heavy atom. The molecule has 1 aliphatic heterocycles. The number of benzene rings is 7. The third-order valence-corrected chi connectivity index (χ3v) is 23.2. The van der Waals surface area contributed by atoms with Gasteiger partial charge in [-0.2, -0.15) is 0 Å². The first-order chi connectivity index (χ1) is 70.9. The highest BCUT2D eigenvalue weighted by atomic mass is 79.9. The average molecular weight is 2240 g/mol. The van der Waals surface area contributed by atoms with Gasteiger partial charge < -0.3 is 135 Å². The highest BCUT2D eigenvalue weighted by molar-refractivity contribution is 9.09. The lowest BCUT2D eigenvalue weighted by Crippen LogP contribution is -2.41. The van der Waals surface area contributed by atoms with Gasteiger partial charge in [-0.05, 0) is 140 Å². The minimum absolute atomic E-state index is 0.0379. The molecule has 0 saturated heterocycles. The van der Waals surface area contributed by atoms with E-state index < -0.39 is 211 Å². The van der Waals surface area contributed by atoms with E-state index in [4.69, 9.17) is 132 Å². The molecule has 0 aromatic heterocycles. The number of hydrogen-bond donors (Lipinski definition) is 5. The molecule has 150 heavy (non-hydrogen) atoms. The van der Waals surface area contributed by atoms with Crippen LogP contribution in [-0.4, -0.2) is 258 Å². The predicted molar refractivity (Wildman–Crippen MR) is 524 cm³/mol. The van der Waals surface area contributed by atoms with Crippen molar-refractivity contribution in [3.8, 4) is 46.0 Å². The van der Waals surface area contributed by atoms with Crippen molar-refractivity contribution in [1.29, 1.82) is 0 Å². The fourth-order valence-electron chi connectivity index (χ4n) is 15.5. The van der Waals surface area contributed by atoms with Crippen LogP contribution in [0, 0.1) is 0 Å². The largest absolute Gasteiger partial charge is 0.506 e. The van der Waals surface area contributed by atoms with E-state index in [1.807, 2.05) is 27.7 Å². The van der Waals surface area contributed by atoms with Gasteiger partial charge in [-0.15, -0.1) is 0 Å². The number of carboxylic acid groups (broad SMARTS) is 4. The normalized spacial score (nSPS) is 13.0. The van der Waals surface area contributed by atoms with Crippen LogP contribution in [0.1, 0.15) is 131 Å². The molecule has 1 heterocycles. The van der Waals surface area contributed by atoms with E-state index >= 15 is 0 Å². The number of phenols is 1. The minimum atomic E-state index is -2.02. The van der Waals surface area contributed by atoms with Crippen LogP contribution in [0.15, 0.2) is 138 Å². The number of ketones is 1. The number of aliphatic carboxylic acids is 4. The Labute approximate surface area is 881 Å². The van der Waals surface area contributed by atoms with Crippen LogP contribution in [0.5, 0.6) is 46.0 Å². The van der Waals surface area contributed by atoms with Gasteiger partial charge in [-0.1, -0.05) is 98.4 Å². The summed E-state index contributed by atoms with van der Waals surface area (Å²) in [6.07, 6.45) is 2.78. The van der Waals surface area contributed by atoms with E-state index in [9.17, 15) is 112 Å². The predicted octanol–water partition coefficient (Wildman–Crippen LogP) is 10.8. The topological polar surface area (TPSA) is 597 Å². The van der Waals surface area contributed by atoms with Crippen LogP contribution in [0.4, 0.5) is 22.7 Å². The molecule has 0 atom stereocenters. The lowest BCUT2D eigenvalue weighted by atomic mass is 9.61. The third-order valence-electron chi connectivity index (χ3n) is 21.8. The zero-order valence-electron chi connectivity index (χ0n) is 81.6. The fraction of sp³-hybridized carbons (Fsp3) is 0.333. The SMILES string of the molecule is CC(=O)OCBr.CC(=O)OCOC(=O)CN(CC(=O)OCOC(C)=O)c1ccccc1OCCOc1cc2c(cc1N(CC(=O)OCOC(C)=O)CC(=O)OCOC(C)=O)C(=O)OC21c2cc(Cl)c(OCOC(C)=O)cc2C(C)(C)c2cc(OCOC(C)=O)c(Cl)cc21.CC1(C)C2=CC(=O)C(Cl)=CC2=C(c2cc(OCCOc3ccccc3N(CC(=O)O)CC(=O)O)c(N(CC(=O)O)CC(=O)O)cc2OC=O)c2cc(Cl)c(O)cc21. The summed E-state index contributed by atoms with van der Waals surface area (Å²) in [7, 11) is 0. The number of carbonyl (C=O) groups excluding carboxylic acids is 14. The maximum absolute atomic E-state index is 14.9. The summed E-state index contributed by atoms with van der Waals surface area (Å²) in [4.78, 5) is 223. The Kier molecular flexibility index (Phi) is 41.9. The Bertz CT molecular complexity index is 6330. The molecule has 800 valence electrons. The van der Waals surface area contributed by atoms with Crippen LogP contribution in [0.25, 0.3) is 5.57 Å². The van der Waals surface area contributed by atoms with Crippen molar-refractivity contribution in [2.45, 2.75) is 92.6 Å². The molecule has 0 bridgehead atoms. The zero-order valence-corrected chi connectivity index (χ0v) is 86.2. The number of aromatic hydroxyl groups is 1. The molecular formula is C99H97BrCl4N4O42. The highest BCUT2D eigenvalue weighted by Crippen LogP contribution is 2.61. The molecule has 0 radical (unpaired) electrons. The number of carboxylic acids is 4. The molecule has 51 heteroatoms. The second-order valence-corrected chi connectivity index (χ2v) is 35.0. The molecule has 5 N–H and O–H groups in total. The molecule has 3 aliphatic carbocycles. The van der Waals surface area contributed by atoms with Crippen LogP contribution < -0.4 is 52.8 Å². The van der Waals surface area contributed by atoms with E-state index in [1.54, 1.807) is 36.4 Å². The molecule has 0 saturated carbocycles. The van der Waals surface area contributed by atoms with Gasteiger partial charge in [0, 0.05) is 93.2 Å². The van der Waals surface area contributed by atoms with Gasteiger partial charge >= 0.3 is 95.5 Å². The Morgan fingerprint density at radius 3 is 1.12 bits per heavy atom. The molecule has 11 rings (SSSR count). The van der Waals surface area contributed by atoms with E-state index in [0.717, 1.165) is 42.4 Å². The summed E-state index contributed by atoms with van der Waals surface area (Å²) >= 11 is 29.7. The maximum Gasteiger partial charge on any atom is 0.340 e. The Hall–Kier alpha value is -16.1. The number of ether oxygens (including phenoxy) is 19. The van der Waals surface area contributed by atoms with Crippen molar-refractivity contribution >= 4 is 198 Å². The summed E-state index contributed by atoms with van der Waals surface area (Å²) in [5, 5.41) is 48.6. The number of fused-ring (bicyclic) bond motifs is 8. The summed E-state index contributed by atoms with van der Waals surface area (Å²) in [6.45, 7) is 3.93. The Morgan fingerprint density at radius 2 is 0.727 bits per heavy atom. The van der Waals surface area contributed by atoms with E-state index in [1.165, 1.54) is 111 Å². The van der Waals surface area contributed by atoms with Crippen LogP contribution in [0.2, 0.25) is 15.1 Å². The summed E-state index contributed by atoms with van der Waals surface area (Å²) in [5.41, 5.74) is -0.201. The number of rotatable bonds is 48. The molecule has 0 unspecified atom stereocenters. The number of esters is 12. The van der Waals surface area contributed by atoms with Crippen molar-refractivity contribution in [1.82, 2.24) is 0 Å². The number of hydrogen-bond acceptors (Lipinski definition) is 42. The smallest absolute Gasteiger partial charge is 0.340 e. The number of allylic oxidation sites excluding steroid dienone is 5. The molecular weight excluding hydrogens is 2140 g/mol. The second kappa shape index (κ2) is 53.5. The fourth-order valence-corrected chi connectivity index (χ4v) is 16.6. The summed E-state index contributed by atoms with van der Waals surface area (Å²) in [5.74, 6) is -16.0. The van der Waals surface area contributed by atoms with Gasteiger partial charge in [0.15, 0.2) is 11.4 Å². The van der Waals surface area contributed by atoms with Crippen molar-refractivity contribution in [2.75, 3.05) is 145 Å². The number of halogens is 5. The van der Waals surface area contributed by atoms with E-state index in [0.29, 0.717) is 44.5 Å². The Balaban J connectivity index is 0.000000340. The molecule has 0 amide bonds. The zero-order chi connectivity index (χ0) is 111. The van der Waals surface area contributed by atoms with Gasteiger partial charge in [-0.25, -0.2) is 4.79 Å². The van der Waals surface area contributed by atoms with Crippen molar-refractivity contribution in [3.63, 3.8) is 0 Å². The van der Waals surface area contributed by atoms with Gasteiger partial charge in [0.1, 0.15) is 130 Å². The number of para-hydroxylation sites is 4. The maximum atomic E-state index is 14.9. The van der Waals surface area contributed by atoms with Crippen molar-refractivity contribution < 1.29 is 202 Å². The van der Waals surface area contributed by atoms with E-state index in [-0.39, 0.29) is 149 Å². The monoisotopic (exact) mass is 2230 g/mol. The molecule has 46 nitrogen and oxygen atoms in total. The van der Waals surface area contributed by atoms with Crippen molar-refractivity contribution in [3.05, 3.63) is 203 Å². The minimum Gasteiger partial charge on any atom is -0.506 e. The molecule has 7 aromatic rings. The first-order valence-electron chi connectivity index (χ1n) is 44.2. The quantitative estimate of drug-likeness (QED) is 0.00590. The lowest BCUT2D eigenvalue weighted by Gasteiger charge is -2.45. The van der Waals surface area contributed by atoms with Crippen LogP contribution >= 0.6 is 62.3 Å². The molecule has 0 fully saturated rings. The van der Waals surface area contributed by atoms with Gasteiger partial charge in [-0.3, -0.25) is 81.5 Å². The third kappa shape index (κ3) is 31.2. The summed E-state index contributed by atoms with van der Waals surface area (Å²) < 4.78 is 102. The molecule has 1 spiro atoms. The van der Waals surface area contributed by atoms with Crippen LogP contribution in [0.3, 0.4) is 0 Å². The van der Waals surface area contributed by atoms with Crippen molar-refractivity contribution in [2.24, 2.45) is 0 Å². The number of nitrogens with zero attached hydrogens (tertiary/aromatic N) is 4. The highest BCUT2D eigenvalue weighted by Gasteiger charge is 2.57. The van der Waals surface area contributed by atoms with Crippen LogP contribution in [-0.2, 0) is 155 Å². The lowest BCUT2D eigenvalue weighted by molar-refractivity contribution is -0.167. The van der Waals surface area contributed by atoms with Gasteiger partial charge in [0.05, 0.1) is 48.4 Å². The second-order valence-electron chi connectivity index (χ2n) is 32.9. The first kappa shape index (κ1) is 117. The first-order valence-corrected chi connectivity index (χ1v) is 46.8. The molecule has 7 aromatic carbocycles. The summed E-state index contributed by atoms with van der Waals surface area (Å²) in [6, 6.07) is 26.4. The average Bonchev–Trinajstić information content (AvgIpc) is 1.48. The van der Waals surface area contributed by atoms with Gasteiger partial charge in [0.25, 0.3) is 6.47 Å². The molecule has 4 aliphatic rings. The number of phenolic OH excluding ortho intramolecular Hbond substituents is 1. The number of anilines is 4. The number of carbonyl (C=O) groups is 18. The van der Waals surface area contributed by atoms with E-state index in [2.05, 4.69) is 20.7 Å². The number of alkyl halides is 1. The van der Waals surface area contributed by atoms with Gasteiger partial charge in [0.2, 0.25) is 40.8 Å². The standard InChI is InChI=1S/C57H58Cl2N2O26.C39H34Cl2N2O14.C3H5BrO2/c1-31(62)75-25-81-48-19-39-41(16-43(48)58)57(42-17-44(59)49(82-26-76-32(2)63)20-40(42)56(39,7)8)38-18-50(46(15-37(38)55(72)87-57)61(23-53(70)85-29-79-35(5)66)24-54(71)86-30-80-36(6)67)74-14-13-73-47-12-10-9-11-45(47)60(21-51(68)83-27-77-33(3)64)22-52(69)84-28-78-34(4)65;1-39(2)23-12-29(45)25(40)9-20(23)38(21-10-26(41)30(46)13-24(21)39)22-11-33(28(14-32(22)57-19-44)43(17-36(51)52)18-37(53)54)56-8-7-55-31-6-4-3-5-27(31)42(15-34(47)48)16-35(49)50;1-3(5)6-2-4/h9-12,15-20H,13-14,21-30H2,1-8H3;3-6,9-14,19,45H,7-8,15-18H2,1-2H3,(H,47,48)(H,49,50)(H,51,52)(H,53,54);2H2,1H3.